The van der Waals surface area contributed by atoms with Crippen LogP contribution >= 0.6 is 0 Å². The number of benzene rings is 1. The van der Waals surface area contributed by atoms with Gasteiger partial charge >= 0.3 is 0 Å². The molecule has 0 radical (unpaired) electrons. The molecule has 0 amide bonds. The smallest absolute Gasteiger partial charge is 0.193 e. The molecule has 1 N–H and O–H groups in total. The lowest BCUT2D eigenvalue weighted by Gasteiger charge is -2.37. The topological polar surface area (TPSA) is 63.6 Å². The first-order valence-electron chi connectivity index (χ1n) is 10.5. The lowest BCUT2D eigenvalue weighted by Crippen LogP contribution is -2.40. The molecule has 0 atom stereocenters. The average molecular weight is 397 g/mol. The number of ether oxygens (including phenoxy) is 1. The number of hydrogen-bond acceptors (Lipinski definition) is 4. The molecule has 0 aromatic heterocycles. The van der Waals surface area contributed by atoms with Gasteiger partial charge in [0.15, 0.2) is 11.6 Å². The Balaban J connectivity index is 2.44. The summed E-state index contributed by atoms with van der Waals surface area (Å²) in [7, 11) is 1.51. The fourth-order valence-electron chi connectivity index (χ4n) is 4.10. The molecule has 0 bridgehead atoms. The molecule has 29 heavy (non-hydrogen) atoms. The number of ketones is 2. The van der Waals surface area contributed by atoms with Crippen LogP contribution in [0.5, 0.6) is 0 Å². The number of allylic oxidation sites excluding steroid dienone is 4. The molecule has 1 aromatic carbocycles. The van der Waals surface area contributed by atoms with Crippen LogP contribution in [0, 0.1) is 5.41 Å². The maximum Gasteiger partial charge on any atom is 0.193 e. The van der Waals surface area contributed by atoms with Crippen LogP contribution in [0.4, 0.5) is 0 Å². The molecule has 4 heteroatoms. The van der Waals surface area contributed by atoms with Crippen molar-refractivity contribution in [3.05, 3.63) is 64.1 Å². The monoisotopic (exact) mass is 396 g/mol. The summed E-state index contributed by atoms with van der Waals surface area (Å²) in [4.78, 5) is 26.3. The molecule has 1 aliphatic rings. The average Bonchev–Trinajstić information content (AvgIpc) is 2.73. The minimum atomic E-state index is -0.910. The predicted octanol–water partition coefficient (Wildman–Crippen LogP) is 5.73. The van der Waals surface area contributed by atoms with E-state index in [4.69, 9.17) is 4.74 Å². The zero-order valence-corrected chi connectivity index (χ0v) is 18.2. The van der Waals surface area contributed by atoms with E-state index in [0.29, 0.717) is 30.6 Å². The van der Waals surface area contributed by atoms with E-state index >= 15 is 0 Å². The lowest BCUT2D eigenvalue weighted by atomic mass is 9.68. The number of carbonyl (C=O) groups excluding carboxylic acids is 2. The summed E-state index contributed by atoms with van der Waals surface area (Å²) in [6.45, 7) is 7.83. The third kappa shape index (κ3) is 4.21. The van der Waals surface area contributed by atoms with E-state index in [1.54, 1.807) is 6.08 Å². The highest BCUT2D eigenvalue weighted by atomic mass is 16.5. The molecular formula is C25H32O4. The van der Waals surface area contributed by atoms with Crippen molar-refractivity contribution in [3.63, 3.8) is 0 Å². The quantitative estimate of drug-likeness (QED) is 0.427. The van der Waals surface area contributed by atoms with Gasteiger partial charge in [-0.3, -0.25) is 9.59 Å². The van der Waals surface area contributed by atoms with Crippen molar-refractivity contribution < 1.29 is 19.4 Å². The van der Waals surface area contributed by atoms with Crippen LogP contribution in [-0.2, 0) is 20.7 Å². The Labute approximate surface area is 174 Å². The number of aryl methyl sites for hydroxylation is 1. The van der Waals surface area contributed by atoms with E-state index in [1.165, 1.54) is 18.7 Å². The number of aliphatic hydroxyl groups excluding tert-OH is 1. The summed E-state index contributed by atoms with van der Waals surface area (Å²) < 4.78 is 5.56. The first-order valence-corrected chi connectivity index (χ1v) is 10.5. The van der Waals surface area contributed by atoms with Gasteiger partial charge in [-0.15, -0.1) is 0 Å². The Morgan fingerprint density at radius 2 is 1.72 bits per heavy atom. The molecule has 1 aromatic rings. The molecule has 0 saturated carbocycles. The normalized spacial score (nSPS) is 16.7. The first-order chi connectivity index (χ1) is 13.9. The minimum absolute atomic E-state index is 0.134. The standard InChI is InChI=1S/C25H32O4/c1-6-10-17-11-13-18(14-12-17)15-16-20(26)21-22(27)19(7-2)24(29-5)25(8-3,9-4)23(21)28/h11-16,27H,6-10H2,1-5H3/b16-15+. The molecule has 0 fully saturated rings. The van der Waals surface area contributed by atoms with Gasteiger partial charge in [0.2, 0.25) is 0 Å². The van der Waals surface area contributed by atoms with Crippen LogP contribution < -0.4 is 0 Å². The van der Waals surface area contributed by atoms with Crippen LogP contribution in [0.1, 0.15) is 64.5 Å². The Morgan fingerprint density at radius 1 is 1.10 bits per heavy atom. The van der Waals surface area contributed by atoms with Crippen LogP contribution in [0.15, 0.2) is 53.0 Å². The van der Waals surface area contributed by atoms with Crippen molar-refractivity contribution in [3.8, 4) is 0 Å². The van der Waals surface area contributed by atoms with Gasteiger partial charge in [0.1, 0.15) is 17.1 Å². The molecular weight excluding hydrogens is 364 g/mol. The summed E-state index contributed by atoms with van der Waals surface area (Å²) in [5.41, 5.74) is 1.62. The van der Waals surface area contributed by atoms with Crippen LogP contribution in [0.2, 0.25) is 0 Å². The van der Waals surface area contributed by atoms with Gasteiger partial charge in [-0.1, -0.05) is 64.5 Å². The second kappa shape index (κ2) is 9.73. The highest BCUT2D eigenvalue weighted by Crippen LogP contribution is 2.46. The molecule has 0 saturated heterocycles. The fourth-order valence-corrected chi connectivity index (χ4v) is 4.10. The van der Waals surface area contributed by atoms with E-state index < -0.39 is 11.2 Å². The van der Waals surface area contributed by atoms with Crippen molar-refractivity contribution in [1.29, 1.82) is 0 Å². The number of aliphatic hydroxyl groups is 1. The number of Topliss-reactive ketones (excluding diaryl/α,β-unsaturated/α-hetero) is 1. The van der Waals surface area contributed by atoms with Gasteiger partial charge in [-0.05, 0) is 42.9 Å². The molecule has 156 valence electrons. The molecule has 0 heterocycles. The van der Waals surface area contributed by atoms with Crippen molar-refractivity contribution in [2.75, 3.05) is 7.11 Å². The van der Waals surface area contributed by atoms with Crippen LogP contribution in [-0.4, -0.2) is 23.8 Å². The highest BCUT2D eigenvalue weighted by molar-refractivity contribution is 6.28. The van der Waals surface area contributed by atoms with Gasteiger partial charge in [-0.25, -0.2) is 0 Å². The van der Waals surface area contributed by atoms with E-state index in [-0.39, 0.29) is 17.1 Å². The van der Waals surface area contributed by atoms with Crippen molar-refractivity contribution in [1.82, 2.24) is 0 Å². The predicted molar refractivity (Wildman–Crippen MR) is 116 cm³/mol. The minimum Gasteiger partial charge on any atom is -0.507 e. The van der Waals surface area contributed by atoms with E-state index in [9.17, 15) is 14.7 Å². The van der Waals surface area contributed by atoms with E-state index in [2.05, 4.69) is 6.92 Å². The number of rotatable bonds is 9. The highest BCUT2D eigenvalue weighted by Gasteiger charge is 2.49. The van der Waals surface area contributed by atoms with Gasteiger partial charge in [-0.2, -0.15) is 0 Å². The first kappa shape index (κ1) is 22.7. The van der Waals surface area contributed by atoms with Gasteiger partial charge < -0.3 is 9.84 Å². The van der Waals surface area contributed by atoms with E-state index in [1.807, 2.05) is 45.0 Å². The maximum atomic E-state index is 13.3. The molecule has 2 rings (SSSR count). The van der Waals surface area contributed by atoms with Crippen molar-refractivity contribution >= 4 is 17.6 Å². The second-order valence-corrected chi connectivity index (χ2v) is 7.40. The third-order valence-electron chi connectivity index (χ3n) is 5.85. The largest absolute Gasteiger partial charge is 0.507 e. The van der Waals surface area contributed by atoms with Gasteiger partial charge in [0.05, 0.1) is 12.5 Å². The zero-order valence-electron chi connectivity index (χ0n) is 18.2. The second-order valence-electron chi connectivity index (χ2n) is 7.40. The Hall–Kier alpha value is -2.62. The molecule has 0 aliphatic heterocycles. The molecule has 4 nitrogen and oxygen atoms in total. The van der Waals surface area contributed by atoms with Gasteiger partial charge in [0.25, 0.3) is 0 Å². The van der Waals surface area contributed by atoms with E-state index in [0.717, 1.165) is 18.4 Å². The molecule has 0 unspecified atom stereocenters. The summed E-state index contributed by atoms with van der Waals surface area (Å²) in [6.07, 6.45) is 6.64. The zero-order chi connectivity index (χ0) is 21.6. The Kier molecular flexibility index (Phi) is 7.60. The lowest BCUT2D eigenvalue weighted by molar-refractivity contribution is -0.128. The number of methoxy groups -OCH3 is 1. The summed E-state index contributed by atoms with van der Waals surface area (Å²) in [5.74, 6) is -0.598. The maximum absolute atomic E-state index is 13.3. The molecule has 1 aliphatic carbocycles. The van der Waals surface area contributed by atoms with Crippen molar-refractivity contribution in [2.24, 2.45) is 5.41 Å². The van der Waals surface area contributed by atoms with Crippen molar-refractivity contribution in [2.45, 2.75) is 59.8 Å². The number of hydrogen-bond donors (Lipinski definition) is 1. The third-order valence-corrected chi connectivity index (χ3v) is 5.85. The van der Waals surface area contributed by atoms with Gasteiger partial charge in [0, 0.05) is 5.57 Å². The Morgan fingerprint density at radius 3 is 2.21 bits per heavy atom. The Bertz CT molecular complexity index is 849. The number of carbonyl (C=O) groups is 2. The van der Waals surface area contributed by atoms with Crippen LogP contribution in [0.3, 0.4) is 0 Å². The van der Waals surface area contributed by atoms with Crippen LogP contribution in [0.25, 0.3) is 6.08 Å². The molecule has 0 spiro atoms. The summed E-state index contributed by atoms with van der Waals surface area (Å²) >= 11 is 0. The fraction of sp³-hybridized carbons (Fsp3) is 0.440. The SMILES string of the molecule is CCCc1ccc(/C=C/C(=O)C2=C(O)C(CC)=C(OC)C(CC)(CC)C2=O)cc1. The summed E-state index contributed by atoms with van der Waals surface area (Å²) in [5, 5.41) is 10.8. The summed E-state index contributed by atoms with van der Waals surface area (Å²) in [6, 6.07) is 7.99.